The van der Waals surface area contributed by atoms with E-state index in [4.69, 9.17) is 0 Å². The van der Waals surface area contributed by atoms with Gasteiger partial charge in [-0.1, -0.05) is 12.1 Å². The molecule has 9 heteroatoms. The zero-order chi connectivity index (χ0) is 14.9. The smallest absolute Gasteiger partial charge is 0.265 e. The topological polar surface area (TPSA) is 106 Å². The molecule has 2 heterocycles. The van der Waals surface area contributed by atoms with Crippen LogP contribution in [-0.4, -0.2) is 33.4 Å². The van der Waals surface area contributed by atoms with Gasteiger partial charge in [0.25, 0.3) is 10.0 Å². The van der Waals surface area contributed by atoms with E-state index in [0.29, 0.717) is 17.1 Å². The SMILES string of the molecule is Cn1cnnc1-c1ccccc1NS(=O)(=O)c1cn[nH]c1. The van der Waals surface area contributed by atoms with Crippen LogP contribution >= 0.6 is 0 Å². The molecule has 0 saturated heterocycles. The summed E-state index contributed by atoms with van der Waals surface area (Å²) in [6.07, 6.45) is 4.11. The summed E-state index contributed by atoms with van der Waals surface area (Å²) < 4.78 is 28.8. The molecule has 108 valence electrons. The zero-order valence-corrected chi connectivity index (χ0v) is 11.9. The molecule has 0 unspecified atom stereocenters. The van der Waals surface area contributed by atoms with E-state index in [0.717, 1.165) is 0 Å². The summed E-state index contributed by atoms with van der Waals surface area (Å²) in [4.78, 5) is 0.0651. The Morgan fingerprint density at radius 3 is 2.76 bits per heavy atom. The Balaban J connectivity index is 2.03. The maximum absolute atomic E-state index is 12.3. The number of aromatic amines is 1. The fraction of sp³-hybridized carbons (Fsp3) is 0.0833. The van der Waals surface area contributed by atoms with E-state index in [1.54, 1.807) is 42.2 Å². The molecule has 3 rings (SSSR count). The lowest BCUT2D eigenvalue weighted by Gasteiger charge is -2.11. The molecule has 0 spiro atoms. The first kappa shape index (κ1) is 13.3. The Morgan fingerprint density at radius 1 is 1.29 bits per heavy atom. The predicted octanol–water partition coefficient (Wildman–Crippen LogP) is 1.01. The summed E-state index contributed by atoms with van der Waals surface area (Å²) in [5.41, 5.74) is 1.07. The lowest BCUT2D eigenvalue weighted by atomic mass is 10.2. The van der Waals surface area contributed by atoms with E-state index < -0.39 is 10.0 Å². The van der Waals surface area contributed by atoms with E-state index in [1.807, 2.05) is 0 Å². The maximum Gasteiger partial charge on any atom is 0.265 e. The first-order valence-corrected chi connectivity index (χ1v) is 7.51. The van der Waals surface area contributed by atoms with Gasteiger partial charge in [-0.05, 0) is 12.1 Å². The number of aromatic nitrogens is 5. The van der Waals surface area contributed by atoms with Crippen molar-refractivity contribution in [1.29, 1.82) is 0 Å². The lowest BCUT2D eigenvalue weighted by molar-refractivity contribution is 0.601. The molecule has 3 aromatic rings. The van der Waals surface area contributed by atoms with Crippen molar-refractivity contribution in [2.24, 2.45) is 7.05 Å². The van der Waals surface area contributed by atoms with Crippen LogP contribution in [0.5, 0.6) is 0 Å². The average Bonchev–Trinajstić information content (AvgIpc) is 3.10. The van der Waals surface area contributed by atoms with Crippen molar-refractivity contribution in [1.82, 2.24) is 25.0 Å². The summed E-state index contributed by atoms with van der Waals surface area (Å²) in [7, 11) is -1.91. The third-order valence-electron chi connectivity index (χ3n) is 2.91. The van der Waals surface area contributed by atoms with Crippen molar-refractivity contribution in [3.63, 3.8) is 0 Å². The summed E-state index contributed by atoms with van der Waals surface area (Å²) in [5.74, 6) is 0.570. The second-order valence-electron chi connectivity index (χ2n) is 4.35. The molecule has 0 aliphatic heterocycles. The normalized spacial score (nSPS) is 11.5. The monoisotopic (exact) mass is 304 g/mol. The molecule has 0 amide bonds. The summed E-state index contributed by atoms with van der Waals surface area (Å²) in [6, 6.07) is 6.99. The average molecular weight is 304 g/mol. The number of nitrogens with zero attached hydrogens (tertiary/aromatic N) is 4. The van der Waals surface area contributed by atoms with Crippen LogP contribution < -0.4 is 4.72 Å². The molecular weight excluding hydrogens is 292 g/mol. The van der Waals surface area contributed by atoms with Gasteiger partial charge in [0.1, 0.15) is 11.2 Å². The van der Waals surface area contributed by atoms with Gasteiger partial charge in [0, 0.05) is 18.8 Å². The van der Waals surface area contributed by atoms with E-state index >= 15 is 0 Å². The van der Waals surface area contributed by atoms with E-state index in [2.05, 4.69) is 25.1 Å². The van der Waals surface area contributed by atoms with Crippen molar-refractivity contribution >= 4 is 15.7 Å². The molecule has 0 aliphatic carbocycles. The van der Waals surface area contributed by atoms with Crippen molar-refractivity contribution in [2.45, 2.75) is 4.90 Å². The fourth-order valence-electron chi connectivity index (χ4n) is 1.88. The van der Waals surface area contributed by atoms with Crippen LogP contribution in [0.3, 0.4) is 0 Å². The maximum atomic E-state index is 12.3. The number of anilines is 1. The Hall–Kier alpha value is -2.68. The van der Waals surface area contributed by atoms with Gasteiger partial charge < -0.3 is 4.57 Å². The summed E-state index contributed by atoms with van der Waals surface area (Å²) in [5, 5.41) is 13.9. The fourth-order valence-corrected chi connectivity index (χ4v) is 2.87. The van der Waals surface area contributed by atoms with Crippen molar-refractivity contribution < 1.29 is 8.42 Å². The molecule has 0 bridgehead atoms. The molecular formula is C12H12N6O2S. The molecule has 0 fully saturated rings. The minimum atomic E-state index is -3.70. The molecule has 0 atom stereocenters. The standard InChI is InChI=1S/C12H12N6O2S/c1-18-8-15-16-12(18)10-4-2-3-5-11(10)17-21(19,20)9-6-13-14-7-9/h2-8,17H,1H3,(H,13,14). The quantitative estimate of drug-likeness (QED) is 0.748. The van der Waals surface area contributed by atoms with Crippen LogP contribution in [0.15, 0.2) is 47.9 Å². The number of H-pyrrole nitrogens is 1. The number of nitrogens with one attached hydrogen (secondary N) is 2. The van der Waals surface area contributed by atoms with Crippen molar-refractivity contribution in [3.8, 4) is 11.4 Å². The number of sulfonamides is 1. The minimum absolute atomic E-state index is 0.0651. The summed E-state index contributed by atoms with van der Waals surface area (Å²) >= 11 is 0. The number of rotatable bonds is 4. The first-order valence-electron chi connectivity index (χ1n) is 6.03. The van der Waals surface area contributed by atoms with Gasteiger partial charge >= 0.3 is 0 Å². The number of para-hydroxylation sites is 1. The van der Waals surface area contributed by atoms with Gasteiger partial charge in [0.15, 0.2) is 5.82 Å². The Kier molecular flexibility index (Phi) is 3.18. The largest absolute Gasteiger partial charge is 0.317 e. The molecule has 0 radical (unpaired) electrons. The molecule has 8 nitrogen and oxygen atoms in total. The number of aryl methyl sites for hydroxylation is 1. The predicted molar refractivity (Wildman–Crippen MR) is 75.8 cm³/mol. The second kappa shape index (κ2) is 5.02. The van der Waals surface area contributed by atoms with Gasteiger partial charge in [-0.25, -0.2) is 8.42 Å². The van der Waals surface area contributed by atoms with Gasteiger partial charge in [0.05, 0.1) is 11.9 Å². The molecule has 2 aromatic heterocycles. The molecule has 0 saturated carbocycles. The molecule has 2 N–H and O–H groups in total. The third-order valence-corrected chi connectivity index (χ3v) is 4.24. The van der Waals surface area contributed by atoms with Crippen LogP contribution in [0, 0.1) is 0 Å². The van der Waals surface area contributed by atoms with Crippen molar-refractivity contribution in [3.05, 3.63) is 43.0 Å². The van der Waals surface area contributed by atoms with E-state index in [1.165, 1.54) is 12.4 Å². The molecule has 0 aliphatic rings. The van der Waals surface area contributed by atoms with Gasteiger partial charge in [0.2, 0.25) is 0 Å². The highest BCUT2D eigenvalue weighted by molar-refractivity contribution is 7.92. The van der Waals surface area contributed by atoms with Crippen LogP contribution in [0.25, 0.3) is 11.4 Å². The first-order chi connectivity index (χ1) is 10.1. The third kappa shape index (κ3) is 2.50. The van der Waals surface area contributed by atoms with Gasteiger partial charge in [-0.2, -0.15) is 5.10 Å². The summed E-state index contributed by atoms with van der Waals surface area (Å²) in [6.45, 7) is 0. The lowest BCUT2D eigenvalue weighted by Crippen LogP contribution is -2.13. The van der Waals surface area contributed by atoms with E-state index in [9.17, 15) is 8.42 Å². The number of hydrogen-bond acceptors (Lipinski definition) is 5. The zero-order valence-electron chi connectivity index (χ0n) is 11.1. The van der Waals surface area contributed by atoms with Gasteiger partial charge in [-0.15, -0.1) is 10.2 Å². The number of hydrogen-bond donors (Lipinski definition) is 2. The highest BCUT2D eigenvalue weighted by Gasteiger charge is 2.18. The van der Waals surface area contributed by atoms with Crippen LogP contribution in [0.4, 0.5) is 5.69 Å². The Labute approximate surface area is 120 Å². The van der Waals surface area contributed by atoms with Crippen LogP contribution in [-0.2, 0) is 17.1 Å². The molecule has 21 heavy (non-hydrogen) atoms. The van der Waals surface area contributed by atoms with Gasteiger partial charge in [-0.3, -0.25) is 9.82 Å². The van der Waals surface area contributed by atoms with Crippen LogP contribution in [0.1, 0.15) is 0 Å². The highest BCUT2D eigenvalue weighted by Crippen LogP contribution is 2.27. The van der Waals surface area contributed by atoms with E-state index in [-0.39, 0.29) is 4.90 Å². The second-order valence-corrected chi connectivity index (χ2v) is 6.03. The minimum Gasteiger partial charge on any atom is -0.317 e. The Bertz CT molecular complexity index is 854. The van der Waals surface area contributed by atoms with Crippen LogP contribution in [0.2, 0.25) is 0 Å². The Morgan fingerprint density at radius 2 is 2.10 bits per heavy atom. The number of benzene rings is 1. The highest BCUT2D eigenvalue weighted by atomic mass is 32.2. The molecule has 1 aromatic carbocycles. The van der Waals surface area contributed by atoms with Crippen molar-refractivity contribution in [2.75, 3.05) is 4.72 Å².